The second-order valence-electron chi connectivity index (χ2n) is 9.17. The average molecular weight is 449 g/mol. The van der Waals surface area contributed by atoms with Gasteiger partial charge < -0.3 is 5.32 Å². The number of nitrogens with one attached hydrogen (secondary N) is 3. The molecule has 3 N–H and O–H groups in total. The largest absolute Gasteiger partial charge is 0.357 e. The van der Waals surface area contributed by atoms with Gasteiger partial charge in [0.2, 0.25) is 0 Å². The van der Waals surface area contributed by atoms with Crippen LogP contribution in [-0.2, 0) is 0 Å². The lowest BCUT2D eigenvalue weighted by Crippen LogP contribution is -2.59. The fourth-order valence-corrected chi connectivity index (χ4v) is 4.30. The lowest BCUT2D eigenvalue weighted by molar-refractivity contribution is 0.0975. The second-order valence-corrected chi connectivity index (χ2v) is 9.17. The van der Waals surface area contributed by atoms with Crippen molar-refractivity contribution in [2.24, 2.45) is 10.4 Å². The van der Waals surface area contributed by atoms with E-state index < -0.39 is 23.1 Å². The van der Waals surface area contributed by atoms with E-state index in [1.165, 1.54) is 6.07 Å². The van der Waals surface area contributed by atoms with Gasteiger partial charge in [0.05, 0.1) is 5.54 Å². The van der Waals surface area contributed by atoms with Crippen LogP contribution in [0.1, 0.15) is 77.1 Å². The van der Waals surface area contributed by atoms with Gasteiger partial charge in [-0.15, -0.1) is 0 Å². The van der Waals surface area contributed by atoms with Gasteiger partial charge in [-0.3, -0.25) is 10.1 Å². The summed E-state index contributed by atoms with van der Waals surface area (Å²) in [6.07, 6.45) is 6.80. The molecule has 1 aliphatic rings. The van der Waals surface area contributed by atoms with Crippen molar-refractivity contribution >= 4 is 23.9 Å². The van der Waals surface area contributed by atoms with Crippen LogP contribution in [0.15, 0.2) is 23.2 Å². The van der Waals surface area contributed by atoms with Crippen molar-refractivity contribution in [3.8, 4) is 0 Å². The Labute approximate surface area is 189 Å². The molecule has 6 nitrogen and oxygen atoms in total. The molecule has 2 rings (SSSR count). The van der Waals surface area contributed by atoms with Crippen molar-refractivity contribution in [3.63, 3.8) is 0 Å². The molecule has 0 aliphatic heterocycles. The fourth-order valence-electron chi connectivity index (χ4n) is 4.30. The van der Waals surface area contributed by atoms with E-state index in [9.17, 15) is 13.6 Å². The third-order valence-corrected chi connectivity index (χ3v) is 5.84. The molecular formula is C24H36F2N5O+. The van der Waals surface area contributed by atoms with Gasteiger partial charge in [0.25, 0.3) is 11.9 Å². The summed E-state index contributed by atoms with van der Waals surface area (Å²) in [4.78, 5) is 17.4. The third kappa shape index (κ3) is 6.24. The highest BCUT2D eigenvalue weighted by atomic mass is 19.2. The number of nitrogens with zero attached hydrogens (tertiary/aromatic N) is 2. The van der Waals surface area contributed by atoms with Crippen LogP contribution in [0, 0.1) is 17.0 Å². The lowest BCUT2D eigenvalue weighted by atomic mass is 9.67. The second kappa shape index (κ2) is 10.8. The van der Waals surface area contributed by atoms with E-state index in [1.807, 2.05) is 34.7 Å². The first-order valence-corrected chi connectivity index (χ1v) is 11.2. The molecule has 1 saturated carbocycles. The minimum atomic E-state index is -1.08. The van der Waals surface area contributed by atoms with Crippen molar-refractivity contribution in [3.05, 3.63) is 35.4 Å². The first-order valence-electron chi connectivity index (χ1n) is 11.2. The number of amidine groups is 1. The zero-order valence-electron chi connectivity index (χ0n) is 20.0. The van der Waals surface area contributed by atoms with Gasteiger partial charge in [-0.25, -0.2) is 18.4 Å². The van der Waals surface area contributed by atoms with Crippen LogP contribution in [0.25, 0.3) is 0 Å². The average Bonchev–Trinajstić information content (AvgIpc) is 2.73. The first kappa shape index (κ1) is 25.7. The maximum absolute atomic E-state index is 13.6. The summed E-state index contributed by atoms with van der Waals surface area (Å²) >= 11 is 0. The molecule has 2 atom stereocenters. The highest BCUT2D eigenvalue weighted by Gasteiger charge is 2.49. The maximum atomic E-state index is 13.6. The summed E-state index contributed by atoms with van der Waals surface area (Å²) < 4.78 is 31.6. The van der Waals surface area contributed by atoms with Crippen LogP contribution in [-0.4, -0.2) is 42.5 Å². The summed E-state index contributed by atoms with van der Waals surface area (Å²) in [7, 11) is 1.96. The van der Waals surface area contributed by atoms with Crippen LogP contribution in [0.4, 0.5) is 8.78 Å². The Balaban J connectivity index is 2.43. The molecule has 2 unspecified atom stereocenters. The maximum Gasteiger partial charge on any atom is 0.357 e. The van der Waals surface area contributed by atoms with Crippen LogP contribution < -0.4 is 20.6 Å². The molecule has 0 aromatic heterocycles. The minimum Gasteiger partial charge on any atom is -0.316 e. The number of carbonyl (C=O) groups excluding carboxylic acids is 1. The first-order chi connectivity index (χ1) is 15.1. The van der Waals surface area contributed by atoms with Gasteiger partial charge in [-0.1, -0.05) is 19.8 Å². The van der Waals surface area contributed by atoms with E-state index in [1.54, 1.807) is 6.21 Å². The van der Waals surface area contributed by atoms with Gasteiger partial charge in [0.1, 0.15) is 5.41 Å². The predicted molar refractivity (Wildman–Crippen MR) is 127 cm³/mol. The highest BCUT2D eigenvalue weighted by Crippen LogP contribution is 2.39. The predicted octanol–water partition coefficient (Wildman–Crippen LogP) is 3.55. The van der Waals surface area contributed by atoms with Gasteiger partial charge in [0.15, 0.2) is 17.8 Å². The Kier molecular flexibility index (Phi) is 8.70. The number of carbonyl (C=O) groups is 1. The van der Waals surface area contributed by atoms with E-state index >= 15 is 0 Å². The Morgan fingerprint density at radius 1 is 1.25 bits per heavy atom. The molecule has 8 heteroatoms. The summed E-state index contributed by atoms with van der Waals surface area (Å²) in [6.45, 7) is 9.72. The molecule has 1 aromatic carbocycles. The number of hydrogen-bond donors (Lipinski definition) is 3. The van der Waals surface area contributed by atoms with E-state index in [0.29, 0.717) is 0 Å². The monoisotopic (exact) mass is 448 g/mol. The highest BCUT2D eigenvalue weighted by molar-refractivity contribution is 6.11. The smallest absolute Gasteiger partial charge is 0.316 e. The Morgan fingerprint density at radius 2 is 1.97 bits per heavy atom. The van der Waals surface area contributed by atoms with Crippen LogP contribution >= 0.6 is 0 Å². The van der Waals surface area contributed by atoms with Crippen LogP contribution in [0.5, 0.6) is 0 Å². The Morgan fingerprint density at radius 3 is 2.53 bits per heavy atom. The molecule has 0 bridgehead atoms. The number of aliphatic imine (C=N–C) groups is 1. The van der Waals surface area contributed by atoms with Crippen LogP contribution in [0.3, 0.4) is 0 Å². The van der Waals surface area contributed by atoms with E-state index in [4.69, 9.17) is 0 Å². The van der Waals surface area contributed by atoms with E-state index in [-0.39, 0.29) is 23.0 Å². The Bertz CT molecular complexity index is 915. The molecule has 32 heavy (non-hydrogen) atoms. The molecule has 1 aromatic rings. The molecule has 1 aliphatic carbocycles. The number of rotatable bonds is 4. The summed E-state index contributed by atoms with van der Waals surface area (Å²) in [6, 6.07) is 3.27. The van der Waals surface area contributed by atoms with Gasteiger partial charge in [-0.2, -0.15) is 5.32 Å². The van der Waals surface area contributed by atoms with Crippen molar-refractivity contribution in [1.82, 2.24) is 20.6 Å². The van der Waals surface area contributed by atoms with Crippen molar-refractivity contribution < 1.29 is 13.6 Å². The van der Waals surface area contributed by atoms with E-state index in [2.05, 4.69) is 32.5 Å². The normalized spacial score (nSPS) is 21.5. The number of benzene rings is 1. The molecule has 0 saturated heterocycles. The zero-order valence-corrected chi connectivity index (χ0v) is 20.0. The van der Waals surface area contributed by atoms with Gasteiger partial charge >= 0.3 is 5.84 Å². The van der Waals surface area contributed by atoms with Crippen LogP contribution in [0.2, 0.25) is 0 Å². The zero-order chi connectivity index (χ0) is 23.9. The quantitative estimate of drug-likeness (QED) is 0.374. The summed E-state index contributed by atoms with van der Waals surface area (Å²) in [5.41, 5.74) is -0.743. The molecule has 1 fully saturated rings. The SMILES string of the molecule is CC=[N+]=C(NC(=NC(C)(C)C)NC(=O)c1ccc(F)c(F)c1)C1(CC)CCCCC1NC. The molecular weight excluding hydrogens is 412 g/mol. The fraction of sp³-hybridized carbons (Fsp3) is 0.583. The molecule has 0 heterocycles. The van der Waals surface area contributed by atoms with Crippen molar-refractivity contribution in [2.45, 2.75) is 78.3 Å². The van der Waals surface area contributed by atoms with Crippen molar-refractivity contribution in [2.75, 3.05) is 7.05 Å². The Hall–Kier alpha value is -2.57. The van der Waals surface area contributed by atoms with Crippen molar-refractivity contribution in [1.29, 1.82) is 0 Å². The standard InChI is InChI=1S/C24H35F2N5O/c1-7-24(14-10-9-11-19(24)27-6)21(28-8-2)30-22(31-23(3,4)5)29-20(32)16-12-13-17(25)18(26)15-16/h8,12-13,15,19,27H,7,9-11,14H2,1-6H3,(H,29,31,32)/p+1. The molecule has 0 spiro atoms. The summed E-state index contributed by atoms with van der Waals surface area (Å²) in [5.74, 6) is -1.71. The topological polar surface area (TPSA) is 79.6 Å². The van der Waals surface area contributed by atoms with E-state index in [0.717, 1.165) is 50.1 Å². The third-order valence-electron chi connectivity index (χ3n) is 5.84. The lowest BCUT2D eigenvalue weighted by Gasteiger charge is -2.40. The number of amides is 1. The number of hydrogen-bond acceptors (Lipinski definition) is 3. The molecule has 0 radical (unpaired) electrons. The number of halogens is 2. The summed E-state index contributed by atoms with van der Waals surface area (Å²) in [5, 5.41) is 9.47. The van der Waals surface area contributed by atoms with Gasteiger partial charge in [0, 0.05) is 18.5 Å². The number of guanidine groups is 1. The molecule has 176 valence electrons. The van der Waals surface area contributed by atoms with Gasteiger partial charge in [-0.05, 0) is 65.3 Å². The molecule has 1 amide bonds. The minimum absolute atomic E-state index is 0.00354.